The summed E-state index contributed by atoms with van der Waals surface area (Å²) in [6, 6.07) is 0. The fourth-order valence-corrected chi connectivity index (χ4v) is 2.56. The van der Waals surface area contributed by atoms with Crippen LogP contribution in [-0.4, -0.2) is 63.6 Å². The van der Waals surface area contributed by atoms with E-state index in [9.17, 15) is 0 Å². The van der Waals surface area contributed by atoms with Crippen LogP contribution in [0, 0.1) is 0 Å². The van der Waals surface area contributed by atoms with Gasteiger partial charge in [0.1, 0.15) is 23.4 Å². The van der Waals surface area contributed by atoms with Gasteiger partial charge in [-0.3, -0.25) is 0 Å². The number of hydrogen-bond donors (Lipinski definition) is 4. The van der Waals surface area contributed by atoms with E-state index in [2.05, 4.69) is 0 Å². The van der Waals surface area contributed by atoms with E-state index < -0.39 is 6.10 Å². The van der Waals surface area contributed by atoms with Crippen LogP contribution in [0.15, 0.2) is 0 Å². The molecule has 0 aliphatic heterocycles. The summed E-state index contributed by atoms with van der Waals surface area (Å²) < 4.78 is 0. The Morgan fingerprint density at radius 1 is 1.00 bits per heavy atom. The first-order valence-electron chi connectivity index (χ1n) is 3.89. The van der Waals surface area contributed by atoms with Crippen LogP contribution in [0.1, 0.15) is 0 Å². The fourth-order valence-electron chi connectivity index (χ4n) is 0.852. The van der Waals surface area contributed by atoms with Crippen LogP contribution in [0.3, 0.4) is 0 Å². The van der Waals surface area contributed by atoms with Crippen molar-refractivity contribution in [1.82, 2.24) is 0 Å². The molecule has 0 aliphatic rings. The Kier molecular flexibility index (Phi) is 7.94. The van der Waals surface area contributed by atoms with Crippen LogP contribution in [0.5, 0.6) is 0 Å². The van der Waals surface area contributed by atoms with Crippen LogP contribution in [-0.2, 0) is 10.9 Å². The summed E-state index contributed by atoms with van der Waals surface area (Å²) in [7, 11) is -0.164. The monoisotopic (exact) mass is 197 g/mol. The van der Waals surface area contributed by atoms with Gasteiger partial charge in [0.2, 0.25) is 0 Å². The molecule has 0 fully saturated rings. The molecule has 1 atom stereocenters. The molecule has 1 unspecified atom stereocenters. The standard InChI is InChI=1S/C7H17O4S/c8-1-3-12(4-2-9)6-7(11)5-10/h7-11H,1-6H2/q+1. The summed E-state index contributed by atoms with van der Waals surface area (Å²) in [4.78, 5) is 0. The lowest BCUT2D eigenvalue weighted by Gasteiger charge is -2.09. The molecule has 0 aromatic heterocycles. The molecule has 4 nitrogen and oxygen atoms in total. The van der Waals surface area contributed by atoms with Crippen molar-refractivity contribution in [2.75, 3.05) is 37.1 Å². The summed E-state index contributed by atoms with van der Waals surface area (Å²) in [5.74, 6) is 1.66. The van der Waals surface area contributed by atoms with Gasteiger partial charge in [-0.05, 0) is 10.9 Å². The predicted octanol–water partition coefficient (Wildman–Crippen LogP) is -2.06. The van der Waals surface area contributed by atoms with Gasteiger partial charge in [0, 0.05) is 0 Å². The third-order valence-corrected chi connectivity index (χ3v) is 3.77. The highest BCUT2D eigenvalue weighted by atomic mass is 32.2. The minimum Gasteiger partial charge on any atom is -0.393 e. The molecule has 0 radical (unpaired) electrons. The van der Waals surface area contributed by atoms with Crippen molar-refractivity contribution in [3.8, 4) is 0 Å². The molecular formula is C7H17O4S+. The van der Waals surface area contributed by atoms with Crippen LogP contribution in [0.2, 0.25) is 0 Å². The Hall–Kier alpha value is 0.190. The van der Waals surface area contributed by atoms with E-state index in [1.54, 1.807) is 0 Å². The molecule has 0 bridgehead atoms. The zero-order chi connectivity index (χ0) is 9.40. The lowest BCUT2D eigenvalue weighted by molar-refractivity contribution is 0.113. The van der Waals surface area contributed by atoms with Crippen LogP contribution >= 0.6 is 0 Å². The first-order chi connectivity index (χ1) is 5.74. The largest absolute Gasteiger partial charge is 0.393 e. The van der Waals surface area contributed by atoms with Crippen molar-refractivity contribution in [1.29, 1.82) is 0 Å². The van der Waals surface area contributed by atoms with Crippen molar-refractivity contribution in [2.45, 2.75) is 6.10 Å². The van der Waals surface area contributed by atoms with Gasteiger partial charge in [-0.25, -0.2) is 0 Å². The fraction of sp³-hybridized carbons (Fsp3) is 1.00. The second-order valence-corrected chi connectivity index (χ2v) is 4.85. The van der Waals surface area contributed by atoms with E-state index in [0.717, 1.165) is 0 Å². The third kappa shape index (κ3) is 5.79. The summed E-state index contributed by atoms with van der Waals surface area (Å²) in [6.45, 7) is -0.108. The molecule has 0 saturated carbocycles. The Morgan fingerprint density at radius 2 is 1.50 bits per heavy atom. The normalized spacial score (nSPS) is 13.8. The molecule has 0 heterocycles. The predicted molar refractivity (Wildman–Crippen MR) is 49.2 cm³/mol. The maximum absolute atomic E-state index is 9.08. The number of aliphatic hydroxyl groups excluding tert-OH is 4. The topological polar surface area (TPSA) is 80.9 Å². The van der Waals surface area contributed by atoms with Crippen LogP contribution in [0.25, 0.3) is 0 Å². The third-order valence-electron chi connectivity index (χ3n) is 1.40. The molecule has 0 aromatic rings. The summed E-state index contributed by atoms with van der Waals surface area (Å²) in [5.41, 5.74) is 0. The Labute approximate surface area is 75.2 Å². The average Bonchev–Trinajstić information content (AvgIpc) is 2.05. The highest BCUT2D eigenvalue weighted by molar-refractivity contribution is 7.96. The van der Waals surface area contributed by atoms with E-state index in [0.29, 0.717) is 17.3 Å². The van der Waals surface area contributed by atoms with Gasteiger partial charge in [0.25, 0.3) is 0 Å². The minimum atomic E-state index is -0.716. The molecule has 0 saturated heterocycles. The first kappa shape index (κ1) is 12.2. The first-order valence-corrected chi connectivity index (χ1v) is 5.62. The maximum Gasteiger partial charge on any atom is 0.136 e. The van der Waals surface area contributed by atoms with Crippen LogP contribution < -0.4 is 0 Å². The van der Waals surface area contributed by atoms with Crippen molar-refractivity contribution in [2.24, 2.45) is 0 Å². The lowest BCUT2D eigenvalue weighted by Crippen LogP contribution is -2.30. The zero-order valence-corrected chi connectivity index (χ0v) is 7.83. The molecule has 0 amide bonds. The van der Waals surface area contributed by atoms with Gasteiger partial charge in [-0.2, -0.15) is 0 Å². The van der Waals surface area contributed by atoms with Crippen LogP contribution in [0.4, 0.5) is 0 Å². The Balaban J connectivity index is 3.61. The SMILES string of the molecule is OCC[S+](CCO)CC(O)CO. The zero-order valence-electron chi connectivity index (χ0n) is 7.02. The molecule has 74 valence electrons. The van der Waals surface area contributed by atoms with Gasteiger partial charge in [0.15, 0.2) is 0 Å². The Morgan fingerprint density at radius 3 is 1.83 bits per heavy atom. The summed E-state index contributed by atoms with van der Waals surface area (Å²) >= 11 is 0. The molecule has 0 aromatic carbocycles. The highest BCUT2D eigenvalue weighted by Gasteiger charge is 2.20. The van der Waals surface area contributed by atoms with Crippen molar-refractivity contribution in [3.63, 3.8) is 0 Å². The van der Waals surface area contributed by atoms with Gasteiger partial charge >= 0.3 is 0 Å². The minimum absolute atomic E-state index is 0.0707. The van der Waals surface area contributed by atoms with Gasteiger partial charge in [-0.15, -0.1) is 0 Å². The second kappa shape index (κ2) is 7.82. The molecule has 0 spiro atoms. The highest BCUT2D eigenvalue weighted by Crippen LogP contribution is 1.99. The summed E-state index contributed by atoms with van der Waals surface area (Å²) in [5, 5.41) is 34.9. The molecule has 0 aliphatic carbocycles. The quantitative estimate of drug-likeness (QED) is 0.354. The van der Waals surface area contributed by atoms with E-state index in [1.807, 2.05) is 0 Å². The van der Waals surface area contributed by atoms with Gasteiger partial charge in [-0.1, -0.05) is 0 Å². The van der Waals surface area contributed by atoms with E-state index in [-0.39, 0.29) is 30.7 Å². The Bertz CT molecular complexity index is 95.4. The molecular weight excluding hydrogens is 180 g/mol. The van der Waals surface area contributed by atoms with Crippen molar-refractivity contribution >= 4 is 10.9 Å². The van der Waals surface area contributed by atoms with Gasteiger partial charge < -0.3 is 20.4 Å². The number of aliphatic hydroxyl groups is 4. The number of hydrogen-bond acceptors (Lipinski definition) is 4. The molecule has 5 heteroatoms. The summed E-state index contributed by atoms with van der Waals surface area (Å²) in [6.07, 6.45) is -0.716. The van der Waals surface area contributed by atoms with Gasteiger partial charge in [0.05, 0.1) is 19.8 Å². The maximum atomic E-state index is 9.08. The smallest absolute Gasteiger partial charge is 0.136 e. The van der Waals surface area contributed by atoms with E-state index in [1.165, 1.54) is 0 Å². The second-order valence-electron chi connectivity index (χ2n) is 2.47. The number of rotatable bonds is 7. The van der Waals surface area contributed by atoms with Crippen molar-refractivity contribution in [3.05, 3.63) is 0 Å². The van der Waals surface area contributed by atoms with E-state index in [4.69, 9.17) is 20.4 Å². The molecule has 4 N–H and O–H groups in total. The molecule has 12 heavy (non-hydrogen) atoms. The van der Waals surface area contributed by atoms with Crippen molar-refractivity contribution < 1.29 is 20.4 Å². The van der Waals surface area contributed by atoms with E-state index >= 15 is 0 Å². The average molecular weight is 197 g/mol. The molecule has 0 rings (SSSR count). The lowest BCUT2D eigenvalue weighted by atomic mass is 10.4.